The minimum absolute atomic E-state index is 0.00129. The summed E-state index contributed by atoms with van der Waals surface area (Å²) >= 11 is 0. The molecule has 0 saturated carbocycles. The maximum absolute atomic E-state index is 14.1. The molecular weight excluding hydrogens is 401 g/mol. The quantitative estimate of drug-likeness (QED) is 0.489. The second kappa shape index (κ2) is 7.28. The number of para-hydroxylation sites is 2. The van der Waals surface area contributed by atoms with Crippen LogP contribution in [0.5, 0.6) is 11.5 Å². The highest BCUT2D eigenvalue weighted by molar-refractivity contribution is 5.97. The summed E-state index contributed by atoms with van der Waals surface area (Å²) in [4.78, 5) is 26.0. The van der Waals surface area contributed by atoms with E-state index < -0.39 is 29.4 Å². The van der Waals surface area contributed by atoms with Crippen LogP contribution < -0.4 is 15.7 Å². The van der Waals surface area contributed by atoms with E-state index in [0.29, 0.717) is 16.5 Å². The lowest BCUT2D eigenvalue weighted by atomic mass is 9.88. The number of aromatic hydroxyl groups is 1. The van der Waals surface area contributed by atoms with Gasteiger partial charge in [0.15, 0.2) is 6.10 Å². The first-order valence-electron chi connectivity index (χ1n) is 9.59. The molecule has 2 N–H and O–H groups in total. The third kappa shape index (κ3) is 3.20. The molecule has 0 unspecified atom stereocenters. The zero-order valence-corrected chi connectivity index (χ0v) is 16.0. The summed E-state index contributed by atoms with van der Waals surface area (Å²) in [6, 6.07) is 18.9. The van der Waals surface area contributed by atoms with Gasteiger partial charge in [0.05, 0.1) is 22.6 Å². The van der Waals surface area contributed by atoms with Gasteiger partial charge in [-0.1, -0.05) is 36.4 Å². The number of rotatable bonds is 3. The van der Waals surface area contributed by atoms with E-state index in [1.807, 2.05) is 0 Å². The van der Waals surface area contributed by atoms with E-state index in [2.05, 4.69) is 5.32 Å². The van der Waals surface area contributed by atoms with Gasteiger partial charge >= 0.3 is 5.63 Å². The Morgan fingerprint density at radius 1 is 1.00 bits per heavy atom. The molecule has 2 atom stereocenters. The molecule has 1 aromatic heterocycles. The molecule has 0 bridgehead atoms. The lowest BCUT2D eigenvalue weighted by Gasteiger charge is -2.19. The molecule has 6 nitrogen and oxygen atoms in total. The number of amides is 1. The van der Waals surface area contributed by atoms with Crippen LogP contribution in [0, 0.1) is 5.82 Å². The van der Waals surface area contributed by atoms with Crippen molar-refractivity contribution in [3.63, 3.8) is 0 Å². The largest absolute Gasteiger partial charge is 0.508 e. The first kappa shape index (κ1) is 18.9. The van der Waals surface area contributed by atoms with Gasteiger partial charge < -0.3 is 19.6 Å². The van der Waals surface area contributed by atoms with Crippen molar-refractivity contribution >= 4 is 22.6 Å². The molecule has 0 fully saturated rings. The smallest absolute Gasteiger partial charge is 0.344 e. The van der Waals surface area contributed by atoms with E-state index in [-0.39, 0.29) is 22.7 Å². The number of phenolic OH excluding ortho intramolecular Hbond substituents is 1. The standard InChI is InChI=1S/C24H16FNO5/c25-16-9-2-3-10-17(16)26-23(28)22-19(13-6-5-7-14(27)12-13)20-21(31-22)15-8-1-4-11-18(15)30-24(20)29/h1-12,19,22,27H,(H,26,28)/t19-,22+/m0/s1. The second-order valence-electron chi connectivity index (χ2n) is 7.21. The highest BCUT2D eigenvalue weighted by atomic mass is 19.1. The van der Waals surface area contributed by atoms with Crippen LogP contribution in [-0.4, -0.2) is 17.1 Å². The van der Waals surface area contributed by atoms with Crippen LogP contribution in [0.4, 0.5) is 10.1 Å². The predicted molar refractivity (Wildman–Crippen MR) is 112 cm³/mol. The van der Waals surface area contributed by atoms with Gasteiger partial charge in [-0.3, -0.25) is 4.79 Å². The molecule has 154 valence electrons. The molecule has 1 aliphatic heterocycles. The van der Waals surface area contributed by atoms with E-state index in [9.17, 15) is 19.1 Å². The van der Waals surface area contributed by atoms with Gasteiger partial charge in [0.25, 0.3) is 5.91 Å². The molecule has 2 heterocycles. The number of fused-ring (bicyclic) bond motifs is 3. The molecule has 7 heteroatoms. The van der Waals surface area contributed by atoms with Crippen molar-refractivity contribution in [1.29, 1.82) is 0 Å². The molecular formula is C24H16FNO5. The van der Waals surface area contributed by atoms with Crippen molar-refractivity contribution in [1.82, 2.24) is 0 Å². The number of ether oxygens (including phenoxy) is 1. The fraction of sp³-hybridized carbons (Fsp3) is 0.0833. The number of carbonyl (C=O) groups excluding carboxylic acids is 1. The number of hydrogen-bond acceptors (Lipinski definition) is 5. The van der Waals surface area contributed by atoms with Gasteiger partial charge in [0, 0.05) is 0 Å². The fourth-order valence-electron chi connectivity index (χ4n) is 3.91. The fourth-order valence-corrected chi connectivity index (χ4v) is 3.91. The maximum Gasteiger partial charge on any atom is 0.344 e. The van der Waals surface area contributed by atoms with Crippen molar-refractivity contribution in [2.24, 2.45) is 0 Å². The Balaban J connectivity index is 1.66. The summed E-state index contributed by atoms with van der Waals surface area (Å²) in [6.45, 7) is 0. The molecule has 0 radical (unpaired) electrons. The molecule has 5 rings (SSSR count). The number of phenols is 1. The van der Waals surface area contributed by atoms with Gasteiger partial charge in [-0.25, -0.2) is 9.18 Å². The third-order valence-corrected chi connectivity index (χ3v) is 5.28. The highest BCUT2D eigenvalue weighted by Gasteiger charge is 2.44. The number of hydrogen-bond donors (Lipinski definition) is 2. The molecule has 0 aliphatic carbocycles. The SMILES string of the molecule is O=C(Nc1ccccc1F)[C@@H]1Oc2c(c(=O)oc3ccccc23)[C@@H]1c1cccc(O)c1. The van der Waals surface area contributed by atoms with Gasteiger partial charge in [-0.2, -0.15) is 0 Å². The van der Waals surface area contributed by atoms with E-state index >= 15 is 0 Å². The molecule has 3 aromatic carbocycles. The van der Waals surface area contributed by atoms with Gasteiger partial charge in [0.1, 0.15) is 22.9 Å². The van der Waals surface area contributed by atoms with Crippen LogP contribution in [0.1, 0.15) is 17.0 Å². The number of halogens is 1. The lowest BCUT2D eigenvalue weighted by Crippen LogP contribution is -2.35. The summed E-state index contributed by atoms with van der Waals surface area (Å²) in [5.74, 6) is -1.85. The third-order valence-electron chi connectivity index (χ3n) is 5.28. The molecule has 1 aliphatic rings. The second-order valence-corrected chi connectivity index (χ2v) is 7.21. The molecule has 4 aromatic rings. The van der Waals surface area contributed by atoms with Crippen LogP contribution in [0.25, 0.3) is 11.0 Å². The monoisotopic (exact) mass is 417 g/mol. The summed E-state index contributed by atoms with van der Waals surface area (Å²) in [5.41, 5.74) is 0.367. The molecule has 31 heavy (non-hydrogen) atoms. The van der Waals surface area contributed by atoms with Crippen LogP contribution in [0.3, 0.4) is 0 Å². The van der Waals surface area contributed by atoms with Crippen molar-refractivity contribution in [3.05, 3.63) is 100 Å². The number of anilines is 1. The zero-order valence-electron chi connectivity index (χ0n) is 16.0. The zero-order chi connectivity index (χ0) is 21.5. The van der Waals surface area contributed by atoms with Crippen molar-refractivity contribution in [2.75, 3.05) is 5.32 Å². The average molecular weight is 417 g/mol. The van der Waals surface area contributed by atoms with Crippen LogP contribution in [-0.2, 0) is 4.79 Å². The first-order chi connectivity index (χ1) is 15.0. The van der Waals surface area contributed by atoms with Gasteiger partial charge in [0.2, 0.25) is 0 Å². The Bertz CT molecular complexity index is 1380. The topological polar surface area (TPSA) is 88.8 Å². The van der Waals surface area contributed by atoms with E-state index in [0.717, 1.165) is 0 Å². The Labute approximate surface area is 175 Å². The highest BCUT2D eigenvalue weighted by Crippen LogP contribution is 2.45. The Morgan fingerprint density at radius 2 is 1.77 bits per heavy atom. The first-order valence-corrected chi connectivity index (χ1v) is 9.59. The average Bonchev–Trinajstić information content (AvgIpc) is 3.17. The number of benzene rings is 3. The van der Waals surface area contributed by atoms with Gasteiger partial charge in [-0.05, 0) is 42.0 Å². The lowest BCUT2D eigenvalue weighted by molar-refractivity contribution is -0.122. The molecule has 1 amide bonds. The Morgan fingerprint density at radius 3 is 2.58 bits per heavy atom. The predicted octanol–water partition coefficient (Wildman–Crippen LogP) is 4.17. The summed E-state index contributed by atoms with van der Waals surface area (Å²) < 4.78 is 25.6. The number of carbonyl (C=O) groups is 1. The van der Waals surface area contributed by atoms with Crippen molar-refractivity contribution < 1.29 is 23.4 Å². The van der Waals surface area contributed by atoms with Crippen LogP contribution >= 0.6 is 0 Å². The molecule has 0 spiro atoms. The summed E-state index contributed by atoms with van der Waals surface area (Å²) in [7, 11) is 0. The Hall–Kier alpha value is -4.13. The Kier molecular flexibility index (Phi) is 4.43. The van der Waals surface area contributed by atoms with Crippen molar-refractivity contribution in [2.45, 2.75) is 12.0 Å². The molecule has 0 saturated heterocycles. The van der Waals surface area contributed by atoms with E-state index in [1.165, 1.54) is 30.3 Å². The van der Waals surface area contributed by atoms with E-state index in [1.54, 1.807) is 42.5 Å². The summed E-state index contributed by atoms with van der Waals surface area (Å²) in [5, 5.41) is 13.0. The van der Waals surface area contributed by atoms with Crippen LogP contribution in [0.2, 0.25) is 0 Å². The van der Waals surface area contributed by atoms with Crippen LogP contribution in [0.15, 0.2) is 82.0 Å². The maximum atomic E-state index is 14.1. The minimum Gasteiger partial charge on any atom is -0.508 e. The minimum atomic E-state index is -1.18. The van der Waals surface area contributed by atoms with Gasteiger partial charge in [-0.15, -0.1) is 0 Å². The normalized spacial score (nSPS) is 17.2. The number of nitrogens with one attached hydrogen (secondary N) is 1. The van der Waals surface area contributed by atoms with Crippen molar-refractivity contribution in [3.8, 4) is 11.5 Å². The summed E-state index contributed by atoms with van der Waals surface area (Å²) in [6.07, 6.45) is -1.18. The van der Waals surface area contributed by atoms with E-state index in [4.69, 9.17) is 9.15 Å².